The summed E-state index contributed by atoms with van der Waals surface area (Å²) in [6, 6.07) is 0. The Kier molecular flexibility index (Phi) is 8.58. The van der Waals surface area contributed by atoms with Crippen LogP contribution in [0.1, 0.15) is 45.4 Å². The molecule has 4 heteroatoms. The third-order valence-corrected chi connectivity index (χ3v) is 2.62. The van der Waals surface area contributed by atoms with Crippen molar-refractivity contribution in [3.63, 3.8) is 0 Å². The van der Waals surface area contributed by atoms with Crippen molar-refractivity contribution in [1.82, 2.24) is 0 Å². The molecule has 0 heterocycles. The van der Waals surface area contributed by atoms with Crippen LogP contribution >= 0.6 is 0 Å². The van der Waals surface area contributed by atoms with Crippen LogP contribution in [0.5, 0.6) is 0 Å². The van der Waals surface area contributed by atoms with Crippen LogP contribution in [-0.2, 0) is 19.1 Å². The van der Waals surface area contributed by atoms with E-state index in [9.17, 15) is 9.59 Å². The molecule has 94 valence electrons. The van der Waals surface area contributed by atoms with E-state index in [1.807, 2.05) is 0 Å². The lowest BCUT2D eigenvalue weighted by atomic mass is 9.96. The van der Waals surface area contributed by atoms with Crippen LogP contribution in [-0.4, -0.2) is 26.2 Å². The lowest BCUT2D eigenvalue weighted by molar-refractivity contribution is -0.147. The standard InChI is InChI=1S/C12H22O4/c1-4-5-6-7-10(12(14)16-3)8-9-11(13)15-2/h10H,4-9H2,1-3H3. The number of rotatable bonds is 8. The highest BCUT2D eigenvalue weighted by molar-refractivity contribution is 5.74. The Morgan fingerprint density at radius 1 is 1.06 bits per heavy atom. The lowest BCUT2D eigenvalue weighted by Gasteiger charge is -2.13. The Morgan fingerprint density at radius 3 is 2.25 bits per heavy atom. The first-order chi connectivity index (χ1) is 7.65. The zero-order valence-corrected chi connectivity index (χ0v) is 10.5. The molecule has 1 atom stereocenters. The van der Waals surface area contributed by atoms with Gasteiger partial charge >= 0.3 is 11.9 Å². The second-order valence-electron chi connectivity index (χ2n) is 3.83. The third kappa shape index (κ3) is 6.43. The van der Waals surface area contributed by atoms with Crippen molar-refractivity contribution >= 4 is 11.9 Å². The Labute approximate surface area is 97.3 Å². The molecule has 0 saturated heterocycles. The Balaban J connectivity index is 4.00. The summed E-state index contributed by atoms with van der Waals surface area (Å²) in [6.07, 6.45) is 4.80. The molecule has 0 aromatic carbocycles. The van der Waals surface area contributed by atoms with Gasteiger partial charge in [0.15, 0.2) is 0 Å². The van der Waals surface area contributed by atoms with Crippen LogP contribution in [0.4, 0.5) is 0 Å². The summed E-state index contributed by atoms with van der Waals surface area (Å²) in [7, 11) is 2.74. The molecular formula is C12H22O4. The SMILES string of the molecule is CCCCCC(CCC(=O)OC)C(=O)OC. The fourth-order valence-electron chi connectivity index (χ4n) is 1.58. The average molecular weight is 230 g/mol. The molecule has 0 radical (unpaired) electrons. The van der Waals surface area contributed by atoms with Crippen LogP contribution < -0.4 is 0 Å². The van der Waals surface area contributed by atoms with Gasteiger partial charge in [-0.05, 0) is 12.8 Å². The zero-order valence-electron chi connectivity index (χ0n) is 10.5. The first-order valence-electron chi connectivity index (χ1n) is 5.80. The van der Waals surface area contributed by atoms with Crippen LogP contribution in [0.15, 0.2) is 0 Å². The maximum atomic E-state index is 11.4. The first kappa shape index (κ1) is 14.9. The van der Waals surface area contributed by atoms with Crippen LogP contribution in [0, 0.1) is 5.92 Å². The van der Waals surface area contributed by atoms with Gasteiger partial charge in [-0.25, -0.2) is 0 Å². The molecule has 0 aliphatic heterocycles. The summed E-state index contributed by atoms with van der Waals surface area (Å²) in [5.74, 6) is -0.667. The zero-order chi connectivity index (χ0) is 12.4. The van der Waals surface area contributed by atoms with E-state index in [0.717, 1.165) is 25.7 Å². The predicted molar refractivity (Wildman–Crippen MR) is 60.9 cm³/mol. The van der Waals surface area contributed by atoms with Gasteiger partial charge in [0, 0.05) is 6.42 Å². The van der Waals surface area contributed by atoms with Gasteiger partial charge in [0.25, 0.3) is 0 Å². The molecule has 0 rings (SSSR count). The molecule has 0 spiro atoms. The lowest BCUT2D eigenvalue weighted by Crippen LogP contribution is -2.18. The van der Waals surface area contributed by atoms with Crippen LogP contribution in [0.2, 0.25) is 0 Å². The van der Waals surface area contributed by atoms with E-state index < -0.39 is 0 Å². The molecule has 0 saturated carbocycles. The van der Waals surface area contributed by atoms with Crippen molar-refractivity contribution in [2.75, 3.05) is 14.2 Å². The molecule has 0 bridgehead atoms. The van der Waals surface area contributed by atoms with Crippen molar-refractivity contribution in [3.05, 3.63) is 0 Å². The number of hydrogen-bond donors (Lipinski definition) is 0. The van der Waals surface area contributed by atoms with E-state index in [2.05, 4.69) is 11.7 Å². The second-order valence-corrected chi connectivity index (χ2v) is 3.83. The van der Waals surface area contributed by atoms with Crippen molar-refractivity contribution in [2.45, 2.75) is 45.4 Å². The summed E-state index contributed by atoms with van der Waals surface area (Å²) >= 11 is 0. The smallest absolute Gasteiger partial charge is 0.308 e. The quantitative estimate of drug-likeness (QED) is 0.474. The summed E-state index contributed by atoms with van der Waals surface area (Å²) < 4.78 is 9.27. The molecular weight excluding hydrogens is 208 g/mol. The van der Waals surface area contributed by atoms with Gasteiger partial charge in [-0.15, -0.1) is 0 Å². The number of carbonyl (C=O) groups excluding carboxylic acids is 2. The number of unbranched alkanes of at least 4 members (excludes halogenated alkanes) is 2. The molecule has 1 unspecified atom stereocenters. The Bertz CT molecular complexity index is 213. The topological polar surface area (TPSA) is 52.6 Å². The molecule has 0 fully saturated rings. The minimum atomic E-state index is -0.274. The van der Waals surface area contributed by atoms with Gasteiger partial charge in [-0.2, -0.15) is 0 Å². The highest BCUT2D eigenvalue weighted by Crippen LogP contribution is 2.17. The van der Waals surface area contributed by atoms with Gasteiger partial charge in [0.2, 0.25) is 0 Å². The average Bonchev–Trinajstić information content (AvgIpc) is 2.32. The predicted octanol–water partition coefficient (Wildman–Crippen LogP) is 2.31. The van der Waals surface area contributed by atoms with E-state index in [0.29, 0.717) is 6.42 Å². The van der Waals surface area contributed by atoms with Crippen LogP contribution in [0.3, 0.4) is 0 Å². The maximum absolute atomic E-state index is 11.4. The van der Waals surface area contributed by atoms with E-state index in [1.165, 1.54) is 14.2 Å². The molecule has 0 N–H and O–H groups in total. The van der Waals surface area contributed by atoms with Crippen molar-refractivity contribution < 1.29 is 19.1 Å². The molecule has 4 nitrogen and oxygen atoms in total. The number of methoxy groups -OCH3 is 2. The van der Waals surface area contributed by atoms with E-state index in [4.69, 9.17) is 4.74 Å². The number of carbonyl (C=O) groups is 2. The molecule has 0 amide bonds. The van der Waals surface area contributed by atoms with Gasteiger partial charge in [-0.3, -0.25) is 9.59 Å². The largest absolute Gasteiger partial charge is 0.469 e. The number of esters is 2. The third-order valence-electron chi connectivity index (χ3n) is 2.62. The van der Waals surface area contributed by atoms with Gasteiger partial charge < -0.3 is 9.47 Å². The molecule has 0 aliphatic rings. The highest BCUT2D eigenvalue weighted by atomic mass is 16.5. The molecule has 0 aromatic rings. The van der Waals surface area contributed by atoms with E-state index in [-0.39, 0.29) is 24.3 Å². The van der Waals surface area contributed by atoms with Gasteiger partial charge in [0.1, 0.15) is 0 Å². The number of ether oxygens (including phenoxy) is 2. The Morgan fingerprint density at radius 2 is 1.75 bits per heavy atom. The molecule has 0 aromatic heterocycles. The van der Waals surface area contributed by atoms with Gasteiger partial charge in [-0.1, -0.05) is 26.2 Å². The molecule has 16 heavy (non-hydrogen) atoms. The fourth-order valence-corrected chi connectivity index (χ4v) is 1.58. The summed E-state index contributed by atoms with van der Waals surface area (Å²) in [5.41, 5.74) is 0. The summed E-state index contributed by atoms with van der Waals surface area (Å²) in [6.45, 7) is 2.11. The van der Waals surface area contributed by atoms with Gasteiger partial charge in [0.05, 0.1) is 20.1 Å². The van der Waals surface area contributed by atoms with Crippen molar-refractivity contribution in [1.29, 1.82) is 0 Å². The molecule has 0 aliphatic carbocycles. The summed E-state index contributed by atoms with van der Waals surface area (Å²) in [5, 5.41) is 0. The normalized spacial score (nSPS) is 11.9. The van der Waals surface area contributed by atoms with E-state index >= 15 is 0 Å². The van der Waals surface area contributed by atoms with Crippen molar-refractivity contribution in [3.8, 4) is 0 Å². The number of hydrogen-bond acceptors (Lipinski definition) is 4. The van der Waals surface area contributed by atoms with Crippen molar-refractivity contribution in [2.24, 2.45) is 5.92 Å². The Hall–Kier alpha value is -1.06. The van der Waals surface area contributed by atoms with Crippen LogP contribution in [0.25, 0.3) is 0 Å². The fraction of sp³-hybridized carbons (Fsp3) is 0.833. The minimum absolute atomic E-state index is 0.171. The highest BCUT2D eigenvalue weighted by Gasteiger charge is 2.19. The minimum Gasteiger partial charge on any atom is -0.469 e. The maximum Gasteiger partial charge on any atom is 0.308 e. The summed E-state index contributed by atoms with van der Waals surface area (Å²) in [4.78, 5) is 22.4. The monoisotopic (exact) mass is 230 g/mol. The first-order valence-corrected chi connectivity index (χ1v) is 5.80. The second kappa shape index (κ2) is 9.19. The van der Waals surface area contributed by atoms with E-state index in [1.54, 1.807) is 0 Å².